The lowest BCUT2D eigenvalue weighted by atomic mass is 9.91. The minimum Gasteiger partial charge on any atom is -0.496 e. The average Bonchev–Trinajstić information content (AvgIpc) is 3.52. The van der Waals surface area contributed by atoms with Crippen LogP contribution in [0.3, 0.4) is 0 Å². The predicted octanol–water partition coefficient (Wildman–Crippen LogP) is 3.81. The summed E-state index contributed by atoms with van der Waals surface area (Å²) in [6, 6.07) is 7.84. The third-order valence-electron chi connectivity index (χ3n) is 8.46. The van der Waals surface area contributed by atoms with Crippen LogP contribution in [-0.4, -0.2) is 75.7 Å². The molecule has 0 aliphatic carbocycles. The zero-order valence-corrected chi connectivity index (χ0v) is 24.4. The Balaban J connectivity index is 1.13. The molecule has 3 amide bonds. The molecular formula is C29H32N4O6PS+. The van der Waals surface area contributed by atoms with E-state index < -0.39 is 20.1 Å². The molecule has 3 aliphatic heterocycles. The first-order chi connectivity index (χ1) is 19.8. The average molecular weight is 596 g/mol. The van der Waals surface area contributed by atoms with Gasteiger partial charge in [0.05, 0.1) is 12.0 Å². The maximum Gasteiger partial charge on any atom is 0.510 e. The van der Waals surface area contributed by atoms with Crippen molar-refractivity contribution in [1.29, 1.82) is 0 Å². The summed E-state index contributed by atoms with van der Waals surface area (Å²) in [4.78, 5) is 58.1. The van der Waals surface area contributed by atoms with Crippen LogP contribution in [0.4, 0.5) is 0 Å². The first kappa shape index (κ1) is 27.8. The molecule has 12 heteroatoms. The summed E-state index contributed by atoms with van der Waals surface area (Å²) in [5, 5.41) is 3.77. The van der Waals surface area contributed by atoms with Crippen LogP contribution >= 0.6 is 19.4 Å². The molecule has 0 bridgehead atoms. The first-order valence-electron chi connectivity index (χ1n) is 13.9. The van der Waals surface area contributed by atoms with Gasteiger partial charge in [0.25, 0.3) is 5.91 Å². The van der Waals surface area contributed by atoms with E-state index in [9.17, 15) is 23.8 Å². The minimum atomic E-state index is -2.29. The van der Waals surface area contributed by atoms with Gasteiger partial charge in [-0.25, -0.2) is 0 Å². The van der Waals surface area contributed by atoms with Gasteiger partial charge in [-0.3, -0.25) is 19.4 Å². The Bertz CT molecular complexity index is 1520. The molecule has 41 heavy (non-hydrogen) atoms. The van der Waals surface area contributed by atoms with Crippen LogP contribution < -0.4 is 10.1 Å². The predicted molar refractivity (Wildman–Crippen MR) is 154 cm³/mol. The highest BCUT2D eigenvalue weighted by atomic mass is 32.1. The normalized spacial score (nSPS) is 23.1. The van der Waals surface area contributed by atoms with E-state index in [0.717, 1.165) is 46.2 Å². The van der Waals surface area contributed by atoms with Crippen molar-refractivity contribution in [1.82, 2.24) is 20.1 Å². The van der Waals surface area contributed by atoms with E-state index in [1.807, 2.05) is 23.1 Å². The summed E-state index contributed by atoms with van der Waals surface area (Å²) < 4.78 is 17.6. The van der Waals surface area contributed by atoms with E-state index in [0.29, 0.717) is 30.8 Å². The smallest absolute Gasteiger partial charge is 0.496 e. The van der Waals surface area contributed by atoms with Crippen LogP contribution in [-0.2, 0) is 20.3 Å². The van der Waals surface area contributed by atoms with Gasteiger partial charge >= 0.3 is 8.03 Å². The second-order valence-electron chi connectivity index (χ2n) is 11.0. The quantitative estimate of drug-likeness (QED) is 0.398. The number of rotatable bonds is 7. The minimum absolute atomic E-state index is 0.00890. The molecular weight excluding hydrogens is 563 g/mol. The van der Waals surface area contributed by atoms with Gasteiger partial charge in [0.1, 0.15) is 17.8 Å². The van der Waals surface area contributed by atoms with E-state index >= 15 is 0 Å². The Morgan fingerprint density at radius 2 is 2.00 bits per heavy atom. The van der Waals surface area contributed by atoms with E-state index in [-0.39, 0.29) is 35.8 Å². The fraction of sp³-hybridized carbons (Fsp3) is 0.448. The largest absolute Gasteiger partial charge is 0.510 e. The van der Waals surface area contributed by atoms with Crippen molar-refractivity contribution < 1.29 is 28.6 Å². The SMILES string of the molecule is COc1ccncc1C1CN(C(=O)[C@@H]2CC[C@@H]3CCC[C@H](NC(=O)c4cc5cc(C[P+](=O)O)ccc5s4)C(=O)N32)C1. The molecule has 3 fully saturated rings. The summed E-state index contributed by atoms with van der Waals surface area (Å²) in [7, 11) is -0.666. The molecule has 6 rings (SSSR count). The second-order valence-corrected chi connectivity index (χ2v) is 13.1. The maximum absolute atomic E-state index is 13.8. The molecule has 214 valence electrons. The zero-order chi connectivity index (χ0) is 28.7. The van der Waals surface area contributed by atoms with Gasteiger partial charge in [-0.2, -0.15) is 4.89 Å². The molecule has 10 nitrogen and oxygen atoms in total. The summed E-state index contributed by atoms with van der Waals surface area (Å²) >= 11 is 1.32. The van der Waals surface area contributed by atoms with Crippen molar-refractivity contribution in [2.45, 2.75) is 62.3 Å². The number of pyridine rings is 1. The second kappa shape index (κ2) is 11.5. The Morgan fingerprint density at radius 1 is 1.17 bits per heavy atom. The maximum atomic E-state index is 13.8. The number of fused-ring (bicyclic) bond motifs is 2. The van der Waals surface area contributed by atoms with E-state index in [4.69, 9.17) is 4.74 Å². The number of carbonyl (C=O) groups excluding carboxylic acids is 3. The standard InChI is InChI=1S/C29H31N4O6PS/c1-39-24-9-10-30-13-21(24)19-14-32(15-19)29(36)23-7-6-20-3-2-4-22(28(35)33(20)23)31-27(34)26-12-18-11-17(16-40(37)38)5-8-25(18)41-26/h5,8-13,19-20,22-23H,2-4,6-7,14-16H2,1H3,(H-,31,34,37,38)/p+1/t20-,22-,23-/m0/s1. The van der Waals surface area contributed by atoms with Gasteiger partial charge in [0.15, 0.2) is 0 Å². The number of benzene rings is 1. The first-order valence-corrected chi connectivity index (χ1v) is 16.1. The highest BCUT2D eigenvalue weighted by Crippen LogP contribution is 2.37. The molecule has 0 radical (unpaired) electrons. The van der Waals surface area contributed by atoms with Gasteiger partial charge in [-0.05, 0) is 66.3 Å². The summed E-state index contributed by atoms with van der Waals surface area (Å²) in [5.74, 6) is 0.376. The zero-order valence-electron chi connectivity index (χ0n) is 22.7. The number of hydrogen-bond acceptors (Lipinski definition) is 7. The lowest BCUT2D eigenvalue weighted by Crippen LogP contribution is -2.58. The van der Waals surface area contributed by atoms with Crippen molar-refractivity contribution in [2.75, 3.05) is 20.2 Å². The lowest BCUT2D eigenvalue weighted by Gasteiger charge is -2.42. The third-order valence-corrected chi connectivity index (χ3v) is 10.2. The van der Waals surface area contributed by atoms with Crippen molar-refractivity contribution in [3.8, 4) is 5.75 Å². The van der Waals surface area contributed by atoms with Crippen molar-refractivity contribution in [3.63, 3.8) is 0 Å². The van der Waals surface area contributed by atoms with Gasteiger partial charge < -0.3 is 19.9 Å². The van der Waals surface area contributed by atoms with Crippen LogP contribution in [0.25, 0.3) is 10.1 Å². The molecule has 2 N–H and O–H groups in total. The van der Waals surface area contributed by atoms with E-state index in [1.54, 1.807) is 36.5 Å². The fourth-order valence-electron chi connectivity index (χ4n) is 6.38. The number of likely N-dealkylation sites (tertiary alicyclic amines) is 1. The molecule has 0 spiro atoms. The summed E-state index contributed by atoms with van der Waals surface area (Å²) in [6.45, 7) is 1.12. The third kappa shape index (κ3) is 5.46. The monoisotopic (exact) mass is 595 g/mol. The van der Waals surface area contributed by atoms with E-state index in [2.05, 4.69) is 10.3 Å². The molecule has 0 saturated carbocycles. The Kier molecular flexibility index (Phi) is 7.76. The number of amides is 3. The fourth-order valence-corrected chi connectivity index (χ4v) is 7.83. The molecule has 1 unspecified atom stereocenters. The van der Waals surface area contributed by atoms with E-state index in [1.165, 1.54) is 11.3 Å². The summed E-state index contributed by atoms with van der Waals surface area (Å²) in [6.07, 6.45) is 7.09. The van der Waals surface area contributed by atoms with Gasteiger partial charge in [0, 0.05) is 53.3 Å². The number of carbonyl (C=O) groups is 3. The molecule has 3 saturated heterocycles. The number of methoxy groups -OCH3 is 1. The molecule has 2 aromatic heterocycles. The number of hydrogen-bond donors (Lipinski definition) is 2. The Labute approximate surface area is 242 Å². The molecule has 3 aromatic rings. The van der Waals surface area contributed by atoms with Crippen LogP contribution in [0.15, 0.2) is 42.7 Å². The van der Waals surface area contributed by atoms with Crippen LogP contribution in [0.5, 0.6) is 5.75 Å². The van der Waals surface area contributed by atoms with Gasteiger partial charge in [-0.1, -0.05) is 6.07 Å². The Hall–Kier alpha value is -3.40. The van der Waals surface area contributed by atoms with Crippen molar-refractivity contribution in [2.24, 2.45) is 0 Å². The highest BCUT2D eigenvalue weighted by molar-refractivity contribution is 7.37. The molecule has 3 aliphatic rings. The van der Waals surface area contributed by atoms with Crippen LogP contribution in [0, 0.1) is 0 Å². The number of thiophene rings is 1. The molecule has 5 heterocycles. The van der Waals surface area contributed by atoms with Gasteiger partial charge in [0.2, 0.25) is 18.0 Å². The lowest BCUT2D eigenvalue weighted by molar-refractivity contribution is -0.148. The topological polar surface area (TPSA) is 129 Å². The summed E-state index contributed by atoms with van der Waals surface area (Å²) in [5.41, 5.74) is 1.71. The van der Waals surface area contributed by atoms with Crippen LogP contribution in [0.1, 0.15) is 58.8 Å². The molecule has 1 aromatic carbocycles. The Morgan fingerprint density at radius 3 is 2.78 bits per heavy atom. The number of nitrogens with one attached hydrogen (secondary N) is 1. The molecule has 4 atom stereocenters. The van der Waals surface area contributed by atoms with Gasteiger partial charge in [-0.15, -0.1) is 11.3 Å². The highest BCUT2D eigenvalue weighted by Gasteiger charge is 2.47. The number of aromatic nitrogens is 1. The number of nitrogens with zero attached hydrogens (tertiary/aromatic N) is 3. The number of ether oxygens (including phenoxy) is 1. The van der Waals surface area contributed by atoms with Crippen LogP contribution in [0.2, 0.25) is 0 Å². The van der Waals surface area contributed by atoms with Crippen molar-refractivity contribution in [3.05, 3.63) is 58.7 Å². The van der Waals surface area contributed by atoms with Crippen molar-refractivity contribution >= 4 is 47.2 Å².